The molecule has 3 aromatic rings. The van der Waals surface area contributed by atoms with Crippen molar-refractivity contribution < 1.29 is 31.9 Å². The maximum atomic E-state index is 13.4. The molecule has 1 N–H and O–H groups in total. The Balaban J connectivity index is 1.78. The molecule has 1 saturated heterocycles. The third kappa shape index (κ3) is 5.02. The summed E-state index contributed by atoms with van der Waals surface area (Å²) in [6.07, 6.45) is 2.63. The molecule has 13 heteroatoms. The van der Waals surface area contributed by atoms with Crippen molar-refractivity contribution in [3.8, 4) is 0 Å². The van der Waals surface area contributed by atoms with Crippen LogP contribution in [-0.2, 0) is 21.5 Å². The standard InChI is InChI=1S/C24H28FN5O6S/c1-15-12-29(37(34,35)27(2)3)22(24(32)33)21(15)19-11-20(28(4)13-16-5-7-18(25)8-6-16)30(26-19)23(31)17-9-10-36-14-17/h5-11,14-15,21-22H,12-13H2,1-4H3,(H,32,33). The minimum Gasteiger partial charge on any atom is -0.480 e. The Bertz CT molecular complexity index is 1390. The van der Waals surface area contributed by atoms with Gasteiger partial charge in [-0.1, -0.05) is 19.1 Å². The smallest absolute Gasteiger partial charge is 0.322 e. The number of aromatic nitrogens is 2. The van der Waals surface area contributed by atoms with E-state index >= 15 is 0 Å². The lowest BCUT2D eigenvalue weighted by molar-refractivity contribution is -0.141. The third-order valence-electron chi connectivity index (χ3n) is 6.48. The monoisotopic (exact) mass is 533 g/mol. The van der Waals surface area contributed by atoms with Gasteiger partial charge >= 0.3 is 5.97 Å². The van der Waals surface area contributed by atoms with Crippen molar-refractivity contribution in [1.29, 1.82) is 0 Å². The van der Waals surface area contributed by atoms with E-state index in [1.54, 1.807) is 37.1 Å². The quantitative estimate of drug-likeness (QED) is 0.467. The number of carboxylic acids is 1. The summed E-state index contributed by atoms with van der Waals surface area (Å²) in [5.41, 5.74) is 1.28. The van der Waals surface area contributed by atoms with E-state index in [2.05, 4.69) is 5.10 Å². The van der Waals surface area contributed by atoms with E-state index in [1.807, 2.05) is 0 Å². The van der Waals surface area contributed by atoms with E-state index in [4.69, 9.17) is 4.42 Å². The Morgan fingerprint density at radius 2 is 1.86 bits per heavy atom. The molecule has 3 unspecified atom stereocenters. The Morgan fingerprint density at radius 1 is 1.19 bits per heavy atom. The van der Waals surface area contributed by atoms with Crippen LogP contribution in [-0.4, -0.2) is 77.5 Å². The van der Waals surface area contributed by atoms with Crippen LogP contribution in [0.15, 0.2) is 53.3 Å². The summed E-state index contributed by atoms with van der Waals surface area (Å²) in [4.78, 5) is 27.4. The number of carbonyl (C=O) groups excluding carboxylic acids is 1. The molecule has 3 heterocycles. The Hall–Kier alpha value is -3.55. The van der Waals surface area contributed by atoms with Crippen molar-refractivity contribution in [3.05, 3.63) is 71.6 Å². The van der Waals surface area contributed by atoms with Crippen molar-refractivity contribution in [2.24, 2.45) is 5.92 Å². The highest BCUT2D eigenvalue weighted by Gasteiger charge is 2.51. The van der Waals surface area contributed by atoms with Crippen molar-refractivity contribution in [1.82, 2.24) is 18.4 Å². The van der Waals surface area contributed by atoms with Gasteiger partial charge in [0.25, 0.3) is 16.1 Å². The van der Waals surface area contributed by atoms with Gasteiger partial charge in [0, 0.05) is 46.2 Å². The number of furan rings is 1. The predicted octanol–water partition coefficient (Wildman–Crippen LogP) is 2.24. The van der Waals surface area contributed by atoms with Crippen LogP contribution in [0.1, 0.15) is 34.5 Å². The zero-order chi connectivity index (χ0) is 27.1. The van der Waals surface area contributed by atoms with Crippen molar-refractivity contribution in [2.45, 2.75) is 25.4 Å². The second kappa shape index (κ2) is 10.1. The molecule has 2 aromatic heterocycles. The summed E-state index contributed by atoms with van der Waals surface area (Å²) in [6, 6.07) is 7.58. The number of benzene rings is 1. The van der Waals surface area contributed by atoms with E-state index in [1.165, 1.54) is 44.8 Å². The number of hydrogen-bond donors (Lipinski definition) is 1. The summed E-state index contributed by atoms with van der Waals surface area (Å²) in [6.45, 7) is 2.03. The molecule has 0 saturated carbocycles. The number of hydrogen-bond acceptors (Lipinski definition) is 7. The van der Waals surface area contributed by atoms with Crippen LogP contribution in [0.25, 0.3) is 0 Å². The fourth-order valence-electron chi connectivity index (χ4n) is 4.61. The number of carboxylic acid groups (broad SMARTS) is 1. The fraction of sp³-hybridized carbons (Fsp3) is 0.375. The normalized spacial score (nSPS) is 20.4. The number of halogens is 1. The van der Waals surface area contributed by atoms with E-state index in [0.29, 0.717) is 12.4 Å². The summed E-state index contributed by atoms with van der Waals surface area (Å²) >= 11 is 0. The highest BCUT2D eigenvalue weighted by molar-refractivity contribution is 7.86. The molecule has 0 spiro atoms. The first-order valence-electron chi connectivity index (χ1n) is 11.5. The molecule has 0 aliphatic carbocycles. The SMILES string of the molecule is CC1CN(S(=O)(=O)N(C)C)C(C(=O)O)C1c1cc(N(C)Cc2ccc(F)cc2)n(C(=O)c2ccoc2)n1. The molecule has 0 radical (unpaired) electrons. The molecule has 1 aliphatic heterocycles. The lowest BCUT2D eigenvalue weighted by Crippen LogP contribution is -2.47. The molecule has 198 valence electrons. The van der Waals surface area contributed by atoms with Gasteiger partial charge in [-0.25, -0.2) is 4.39 Å². The first kappa shape index (κ1) is 26.5. The van der Waals surface area contributed by atoms with Gasteiger partial charge in [0.1, 0.15) is 23.9 Å². The van der Waals surface area contributed by atoms with Gasteiger partial charge in [-0.05, 0) is 29.7 Å². The van der Waals surface area contributed by atoms with Gasteiger partial charge in [-0.3, -0.25) is 9.59 Å². The second-order valence-corrected chi connectivity index (χ2v) is 11.4. The molecule has 0 amide bonds. The van der Waals surface area contributed by atoms with E-state index in [9.17, 15) is 27.5 Å². The van der Waals surface area contributed by atoms with Crippen molar-refractivity contribution in [2.75, 3.05) is 32.6 Å². The van der Waals surface area contributed by atoms with Gasteiger partial charge in [0.2, 0.25) is 0 Å². The van der Waals surface area contributed by atoms with Crippen LogP contribution >= 0.6 is 0 Å². The van der Waals surface area contributed by atoms with Gasteiger partial charge in [0.15, 0.2) is 0 Å². The molecular weight excluding hydrogens is 505 g/mol. The van der Waals surface area contributed by atoms with Gasteiger partial charge in [-0.15, -0.1) is 0 Å². The zero-order valence-electron chi connectivity index (χ0n) is 20.8. The first-order chi connectivity index (χ1) is 17.4. The number of rotatable bonds is 8. The highest BCUT2D eigenvalue weighted by Crippen LogP contribution is 2.40. The lowest BCUT2D eigenvalue weighted by atomic mass is 9.89. The predicted molar refractivity (Wildman–Crippen MR) is 132 cm³/mol. The lowest BCUT2D eigenvalue weighted by Gasteiger charge is -2.26. The highest BCUT2D eigenvalue weighted by atomic mass is 32.2. The largest absolute Gasteiger partial charge is 0.480 e. The average molecular weight is 534 g/mol. The summed E-state index contributed by atoms with van der Waals surface area (Å²) in [7, 11) is 0.372. The molecule has 3 atom stereocenters. The fourth-order valence-corrected chi connectivity index (χ4v) is 5.96. The van der Waals surface area contributed by atoms with Gasteiger partial charge < -0.3 is 14.4 Å². The van der Waals surface area contributed by atoms with Crippen LogP contribution in [0.4, 0.5) is 10.2 Å². The molecule has 1 aliphatic rings. The Kier molecular flexibility index (Phi) is 7.22. The molecule has 37 heavy (non-hydrogen) atoms. The summed E-state index contributed by atoms with van der Waals surface area (Å²) in [5, 5.41) is 14.6. The Labute approximate surface area is 213 Å². The minimum absolute atomic E-state index is 0.0224. The van der Waals surface area contributed by atoms with Crippen molar-refractivity contribution >= 4 is 27.9 Å². The minimum atomic E-state index is -4.03. The molecule has 4 rings (SSSR count). The molecular formula is C24H28FN5O6S. The van der Waals surface area contributed by atoms with Gasteiger partial charge in [0.05, 0.1) is 17.5 Å². The van der Waals surface area contributed by atoms with Crippen LogP contribution in [0.2, 0.25) is 0 Å². The van der Waals surface area contributed by atoms with Crippen molar-refractivity contribution in [3.63, 3.8) is 0 Å². The van der Waals surface area contributed by atoms with E-state index in [-0.39, 0.29) is 23.6 Å². The van der Waals surface area contributed by atoms with Crippen LogP contribution in [0, 0.1) is 11.7 Å². The second-order valence-electron chi connectivity index (χ2n) is 9.28. The molecule has 11 nitrogen and oxygen atoms in total. The average Bonchev–Trinajstić information content (AvgIpc) is 3.58. The van der Waals surface area contributed by atoms with Gasteiger partial charge in [-0.2, -0.15) is 26.8 Å². The van der Waals surface area contributed by atoms with Crippen LogP contribution in [0.5, 0.6) is 0 Å². The number of nitrogens with zero attached hydrogens (tertiary/aromatic N) is 5. The van der Waals surface area contributed by atoms with Crippen LogP contribution in [0.3, 0.4) is 0 Å². The summed E-state index contributed by atoms with van der Waals surface area (Å²) < 4.78 is 47.3. The summed E-state index contributed by atoms with van der Waals surface area (Å²) in [5.74, 6) is -3.05. The van der Waals surface area contributed by atoms with E-state index in [0.717, 1.165) is 18.9 Å². The topological polar surface area (TPSA) is 129 Å². The van der Waals surface area contributed by atoms with E-state index < -0.39 is 40.0 Å². The zero-order valence-corrected chi connectivity index (χ0v) is 21.6. The van der Waals surface area contributed by atoms with Crippen LogP contribution < -0.4 is 4.90 Å². The number of aliphatic carboxylic acids is 1. The molecule has 0 bridgehead atoms. The maximum Gasteiger partial charge on any atom is 0.322 e. The first-order valence-corrected chi connectivity index (χ1v) is 12.9. The maximum absolute atomic E-state index is 13.4. The molecule has 1 fully saturated rings. The molecule has 1 aromatic carbocycles. The Morgan fingerprint density at radius 3 is 2.43 bits per heavy atom. The third-order valence-corrected chi connectivity index (χ3v) is 8.37. The number of anilines is 1. The number of carbonyl (C=O) groups is 2.